The maximum atomic E-state index is 12.6. The molecule has 0 radical (unpaired) electrons. The highest BCUT2D eigenvalue weighted by Crippen LogP contribution is 2.45. The Morgan fingerprint density at radius 3 is 2.79 bits per heavy atom. The second-order valence-electron chi connectivity index (χ2n) is 7.83. The molecule has 3 aliphatic rings. The van der Waals surface area contributed by atoms with Gasteiger partial charge in [0.2, 0.25) is 12.7 Å². The van der Waals surface area contributed by atoms with Gasteiger partial charge in [0.05, 0.1) is 25.2 Å². The minimum absolute atomic E-state index is 0.131. The second kappa shape index (κ2) is 8.20. The summed E-state index contributed by atoms with van der Waals surface area (Å²) in [6.07, 6.45) is 2.27. The van der Waals surface area contributed by atoms with E-state index in [-0.39, 0.29) is 25.1 Å². The first kappa shape index (κ1) is 20.0. The Labute approximate surface area is 170 Å². The Kier molecular flexibility index (Phi) is 5.65. The molecule has 0 aromatic heterocycles. The molecule has 0 bridgehead atoms. The molecule has 1 unspecified atom stereocenters. The molecular formula is C21H28N2O6. The lowest BCUT2D eigenvalue weighted by atomic mass is 9.77. The van der Waals surface area contributed by atoms with Crippen LogP contribution in [0.15, 0.2) is 18.2 Å². The summed E-state index contributed by atoms with van der Waals surface area (Å²) in [5.41, 5.74) is 0.454. The highest BCUT2D eigenvalue weighted by Gasteiger charge is 2.58. The van der Waals surface area contributed by atoms with Gasteiger partial charge >= 0.3 is 5.97 Å². The molecule has 3 aliphatic heterocycles. The molecule has 3 heterocycles. The van der Waals surface area contributed by atoms with Gasteiger partial charge in [0.1, 0.15) is 0 Å². The number of hydrogen-bond donors (Lipinski definition) is 0. The standard InChI is InChI=1S/C21H28N2O6/c1-3-11-29-23-18(24)12-16(20(25)26-2)21(23)7-9-22(10-8-21)13-15-5-4-6-17-19(15)28-14-27-17/h4-6,16H,3,7-14H2,1-2H3. The molecule has 1 amide bonds. The number of esters is 1. The number of ether oxygens (including phenoxy) is 3. The molecule has 1 spiro atoms. The maximum Gasteiger partial charge on any atom is 0.311 e. The van der Waals surface area contributed by atoms with Crippen molar-refractivity contribution in [3.8, 4) is 11.5 Å². The zero-order valence-electron chi connectivity index (χ0n) is 17.0. The molecule has 8 nitrogen and oxygen atoms in total. The fourth-order valence-electron chi connectivity index (χ4n) is 4.67. The number of methoxy groups -OCH3 is 1. The third-order valence-corrected chi connectivity index (χ3v) is 6.16. The molecule has 0 N–H and O–H groups in total. The Morgan fingerprint density at radius 1 is 1.28 bits per heavy atom. The highest BCUT2D eigenvalue weighted by atomic mass is 16.7. The third kappa shape index (κ3) is 3.55. The van der Waals surface area contributed by atoms with Crippen molar-refractivity contribution in [3.63, 3.8) is 0 Å². The summed E-state index contributed by atoms with van der Waals surface area (Å²) in [6, 6.07) is 5.92. The number of fused-ring (bicyclic) bond motifs is 1. The summed E-state index contributed by atoms with van der Waals surface area (Å²) in [7, 11) is 1.38. The van der Waals surface area contributed by atoms with Gasteiger partial charge in [-0.1, -0.05) is 19.1 Å². The fourth-order valence-corrected chi connectivity index (χ4v) is 4.67. The van der Waals surface area contributed by atoms with Crippen molar-refractivity contribution in [1.29, 1.82) is 0 Å². The number of piperidine rings is 1. The van der Waals surface area contributed by atoms with Crippen LogP contribution in [0.5, 0.6) is 11.5 Å². The quantitative estimate of drug-likeness (QED) is 0.672. The maximum absolute atomic E-state index is 12.6. The number of carbonyl (C=O) groups is 2. The average Bonchev–Trinajstić information content (AvgIpc) is 3.32. The van der Waals surface area contributed by atoms with Crippen molar-refractivity contribution in [2.45, 2.75) is 44.7 Å². The van der Waals surface area contributed by atoms with Crippen LogP contribution in [0, 0.1) is 5.92 Å². The van der Waals surface area contributed by atoms with Crippen LogP contribution in [0.4, 0.5) is 0 Å². The lowest BCUT2D eigenvalue weighted by molar-refractivity contribution is -0.223. The Bertz CT molecular complexity index is 774. The second-order valence-corrected chi connectivity index (χ2v) is 7.83. The van der Waals surface area contributed by atoms with Crippen LogP contribution in [-0.2, 0) is 25.7 Å². The summed E-state index contributed by atoms with van der Waals surface area (Å²) in [5.74, 6) is 0.637. The third-order valence-electron chi connectivity index (χ3n) is 6.16. The van der Waals surface area contributed by atoms with Crippen LogP contribution in [0.25, 0.3) is 0 Å². The first-order chi connectivity index (χ1) is 14.1. The van der Waals surface area contributed by atoms with E-state index < -0.39 is 11.5 Å². The molecule has 8 heteroatoms. The topological polar surface area (TPSA) is 77.5 Å². The molecule has 29 heavy (non-hydrogen) atoms. The van der Waals surface area contributed by atoms with E-state index in [2.05, 4.69) is 4.90 Å². The van der Waals surface area contributed by atoms with E-state index in [0.29, 0.717) is 19.4 Å². The van der Waals surface area contributed by atoms with Gasteiger partial charge in [-0.2, -0.15) is 0 Å². The van der Waals surface area contributed by atoms with E-state index in [1.54, 1.807) is 0 Å². The van der Waals surface area contributed by atoms with Crippen LogP contribution in [0.2, 0.25) is 0 Å². The van der Waals surface area contributed by atoms with E-state index in [1.165, 1.54) is 12.2 Å². The predicted molar refractivity (Wildman–Crippen MR) is 103 cm³/mol. The zero-order valence-corrected chi connectivity index (χ0v) is 17.0. The van der Waals surface area contributed by atoms with E-state index in [1.807, 2.05) is 25.1 Å². The molecule has 158 valence electrons. The van der Waals surface area contributed by atoms with Crippen molar-refractivity contribution < 1.29 is 28.6 Å². The Balaban J connectivity index is 1.49. The molecule has 2 fully saturated rings. The van der Waals surface area contributed by atoms with Gasteiger partial charge < -0.3 is 14.2 Å². The number of hydroxylamine groups is 2. The van der Waals surface area contributed by atoms with Gasteiger partial charge in [0.25, 0.3) is 0 Å². The summed E-state index contributed by atoms with van der Waals surface area (Å²) in [5, 5.41) is 1.49. The minimum Gasteiger partial charge on any atom is -0.469 e. The van der Waals surface area contributed by atoms with E-state index >= 15 is 0 Å². The first-order valence-corrected chi connectivity index (χ1v) is 10.2. The first-order valence-electron chi connectivity index (χ1n) is 10.2. The van der Waals surface area contributed by atoms with Crippen LogP contribution in [0.1, 0.15) is 38.2 Å². The number of para-hydroxylation sites is 1. The fraction of sp³-hybridized carbons (Fsp3) is 0.619. The number of benzene rings is 1. The van der Waals surface area contributed by atoms with Crippen LogP contribution >= 0.6 is 0 Å². The van der Waals surface area contributed by atoms with Crippen molar-refractivity contribution in [1.82, 2.24) is 9.96 Å². The summed E-state index contributed by atoms with van der Waals surface area (Å²) in [4.78, 5) is 33.2. The molecule has 1 aromatic rings. The Morgan fingerprint density at radius 2 is 2.07 bits per heavy atom. The lowest BCUT2D eigenvalue weighted by Crippen LogP contribution is -2.57. The largest absolute Gasteiger partial charge is 0.469 e. The number of likely N-dealkylation sites (tertiary alicyclic amines) is 1. The predicted octanol–water partition coefficient (Wildman–Crippen LogP) is 2.11. The zero-order chi connectivity index (χ0) is 20.4. The van der Waals surface area contributed by atoms with Crippen LogP contribution in [-0.4, -0.2) is 61.0 Å². The normalized spacial score (nSPS) is 23.0. The van der Waals surface area contributed by atoms with Gasteiger partial charge in [-0.05, 0) is 25.3 Å². The highest BCUT2D eigenvalue weighted by molar-refractivity contribution is 5.88. The van der Waals surface area contributed by atoms with Gasteiger partial charge in [0.15, 0.2) is 11.5 Å². The molecule has 1 atom stereocenters. The van der Waals surface area contributed by atoms with Gasteiger partial charge in [0, 0.05) is 31.6 Å². The Hall–Kier alpha value is -2.32. The van der Waals surface area contributed by atoms with Crippen molar-refractivity contribution >= 4 is 11.9 Å². The van der Waals surface area contributed by atoms with Gasteiger partial charge in [-0.15, -0.1) is 0 Å². The number of amides is 1. The monoisotopic (exact) mass is 404 g/mol. The van der Waals surface area contributed by atoms with E-state index in [4.69, 9.17) is 19.0 Å². The number of carbonyl (C=O) groups excluding carboxylic acids is 2. The summed E-state index contributed by atoms with van der Waals surface area (Å²) in [6.45, 7) is 4.93. The van der Waals surface area contributed by atoms with Gasteiger partial charge in [-0.3, -0.25) is 19.3 Å². The number of rotatable bonds is 6. The molecule has 0 saturated carbocycles. The molecule has 1 aromatic carbocycles. The molecule has 0 aliphatic carbocycles. The average molecular weight is 404 g/mol. The van der Waals surface area contributed by atoms with E-state index in [0.717, 1.165) is 43.1 Å². The smallest absolute Gasteiger partial charge is 0.311 e. The van der Waals surface area contributed by atoms with Crippen molar-refractivity contribution in [2.75, 3.05) is 33.6 Å². The van der Waals surface area contributed by atoms with Gasteiger partial charge in [-0.25, -0.2) is 5.06 Å². The minimum atomic E-state index is -0.631. The van der Waals surface area contributed by atoms with Crippen LogP contribution < -0.4 is 9.47 Å². The van der Waals surface area contributed by atoms with Crippen LogP contribution in [0.3, 0.4) is 0 Å². The van der Waals surface area contributed by atoms with Crippen molar-refractivity contribution in [3.05, 3.63) is 23.8 Å². The number of nitrogens with zero attached hydrogens (tertiary/aromatic N) is 2. The molecular weight excluding hydrogens is 376 g/mol. The van der Waals surface area contributed by atoms with Crippen molar-refractivity contribution in [2.24, 2.45) is 5.92 Å². The lowest BCUT2D eigenvalue weighted by Gasteiger charge is -2.45. The molecule has 4 rings (SSSR count). The molecule has 2 saturated heterocycles. The van der Waals surface area contributed by atoms with E-state index in [9.17, 15) is 9.59 Å². The SMILES string of the molecule is CCCON1C(=O)CC(C(=O)OC)C12CCN(Cc1cccc3c1OCO3)CC2. The summed E-state index contributed by atoms with van der Waals surface area (Å²) < 4.78 is 16.1. The summed E-state index contributed by atoms with van der Waals surface area (Å²) >= 11 is 0. The number of hydrogen-bond acceptors (Lipinski definition) is 7.